The Labute approximate surface area is 152 Å². The Morgan fingerprint density at radius 1 is 1.19 bits per heavy atom. The Kier molecular flexibility index (Phi) is 5.26. The Morgan fingerprint density at radius 2 is 2.04 bits per heavy atom. The van der Waals surface area contributed by atoms with Gasteiger partial charge in [0.2, 0.25) is 0 Å². The Morgan fingerprint density at radius 3 is 2.77 bits per heavy atom. The van der Waals surface area contributed by atoms with Gasteiger partial charge in [0.15, 0.2) is 5.82 Å². The van der Waals surface area contributed by atoms with E-state index in [4.69, 9.17) is 4.74 Å². The van der Waals surface area contributed by atoms with Crippen molar-refractivity contribution in [1.82, 2.24) is 25.1 Å². The highest BCUT2D eigenvalue weighted by Crippen LogP contribution is 2.20. The van der Waals surface area contributed by atoms with Crippen LogP contribution in [-0.4, -0.2) is 31.8 Å². The second kappa shape index (κ2) is 7.77. The van der Waals surface area contributed by atoms with E-state index in [1.54, 1.807) is 18.3 Å². The zero-order valence-corrected chi connectivity index (χ0v) is 15.0. The first-order valence-corrected chi connectivity index (χ1v) is 8.41. The summed E-state index contributed by atoms with van der Waals surface area (Å²) in [5, 5.41) is 7.02. The number of rotatable bonds is 6. The summed E-state index contributed by atoms with van der Waals surface area (Å²) in [4.78, 5) is 20.7. The molecule has 0 aliphatic carbocycles. The molecule has 0 aliphatic rings. The summed E-state index contributed by atoms with van der Waals surface area (Å²) in [7, 11) is 0. The quantitative estimate of drug-likeness (QED) is 0.738. The highest BCUT2D eigenvalue weighted by Gasteiger charge is 2.13. The molecule has 1 aromatic carbocycles. The fourth-order valence-corrected chi connectivity index (χ4v) is 2.50. The number of pyridine rings is 1. The summed E-state index contributed by atoms with van der Waals surface area (Å²) in [5.41, 5.74) is 1.48. The van der Waals surface area contributed by atoms with Crippen LogP contribution in [-0.2, 0) is 0 Å². The zero-order valence-electron chi connectivity index (χ0n) is 15.0. The van der Waals surface area contributed by atoms with Crippen LogP contribution in [0.15, 0.2) is 55.2 Å². The second-order valence-electron chi connectivity index (χ2n) is 6.18. The van der Waals surface area contributed by atoms with Crippen LogP contribution < -0.4 is 10.1 Å². The van der Waals surface area contributed by atoms with Gasteiger partial charge in [-0.2, -0.15) is 5.10 Å². The van der Waals surface area contributed by atoms with Gasteiger partial charge in [0.25, 0.3) is 5.91 Å². The number of carbonyl (C=O) groups is 1. The molecule has 7 nitrogen and oxygen atoms in total. The zero-order chi connectivity index (χ0) is 18.5. The van der Waals surface area contributed by atoms with E-state index in [9.17, 15) is 4.79 Å². The van der Waals surface area contributed by atoms with Crippen molar-refractivity contribution in [3.63, 3.8) is 0 Å². The van der Waals surface area contributed by atoms with Crippen molar-refractivity contribution < 1.29 is 9.53 Å². The summed E-state index contributed by atoms with van der Waals surface area (Å²) < 4.78 is 7.22. The Bertz CT molecular complexity index is 877. The number of aromatic nitrogens is 4. The van der Waals surface area contributed by atoms with E-state index >= 15 is 0 Å². The normalized spacial score (nSPS) is 12.0. The van der Waals surface area contributed by atoms with Gasteiger partial charge in [-0.05, 0) is 50.6 Å². The van der Waals surface area contributed by atoms with Crippen molar-refractivity contribution in [2.24, 2.45) is 0 Å². The molecule has 26 heavy (non-hydrogen) atoms. The van der Waals surface area contributed by atoms with Gasteiger partial charge >= 0.3 is 0 Å². The minimum atomic E-state index is -0.184. The minimum absolute atomic E-state index is 0.0992. The molecule has 0 aliphatic heterocycles. The molecule has 0 saturated carbocycles. The van der Waals surface area contributed by atoms with E-state index in [2.05, 4.69) is 20.4 Å². The molecule has 2 heterocycles. The van der Waals surface area contributed by atoms with Crippen LogP contribution in [0.5, 0.6) is 5.75 Å². The van der Waals surface area contributed by atoms with E-state index in [1.165, 1.54) is 17.3 Å². The molecule has 3 rings (SSSR count). The third-order valence-electron chi connectivity index (χ3n) is 3.74. The van der Waals surface area contributed by atoms with Gasteiger partial charge in [0.05, 0.1) is 12.1 Å². The fourth-order valence-electron chi connectivity index (χ4n) is 2.50. The van der Waals surface area contributed by atoms with Crippen LogP contribution >= 0.6 is 0 Å². The third-order valence-corrected chi connectivity index (χ3v) is 3.74. The van der Waals surface area contributed by atoms with Gasteiger partial charge in [-0.15, -0.1) is 0 Å². The van der Waals surface area contributed by atoms with Crippen LogP contribution in [0, 0.1) is 0 Å². The average molecular weight is 351 g/mol. The van der Waals surface area contributed by atoms with Crippen LogP contribution in [0.4, 0.5) is 0 Å². The van der Waals surface area contributed by atoms with Gasteiger partial charge in [-0.3, -0.25) is 4.79 Å². The van der Waals surface area contributed by atoms with Crippen LogP contribution in [0.2, 0.25) is 0 Å². The maximum Gasteiger partial charge on any atom is 0.251 e. The molecule has 0 fully saturated rings. The van der Waals surface area contributed by atoms with Crippen molar-refractivity contribution in [2.45, 2.75) is 32.9 Å². The molecule has 134 valence electrons. The Hall–Kier alpha value is -3.22. The first kappa shape index (κ1) is 17.6. The number of amides is 1. The summed E-state index contributed by atoms with van der Waals surface area (Å²) in [6.45, 7) is 5.90. The molecule has 7 heteroatoms. The summed E-state index contributed by atoms with van der Waals surface area (Å²) in [5.74, 6) is 1.14. The fraction of sp³-hybridized carbons (Fsp3) is 0.263. The van der Waals surface area contributed by atoms with Crippen LogP contribution in [0.1, 0.15) is 42.7 Å². The number of carbonyl (C=O) groups excluding carboxylic acids is 1. The predicted octanol–water partition coefficient (Wildman–Crippen LogP) is 2.94. The lowest BCUT2D eigenvalue weighted by molar-refractivity contribution is 0.0939. The van der Waals surface area contributed by atoms with Crippen molar-refractivity contribution in [2.75, 3.05) is 0 Å². The molecule has 1 atom stereocenters. The lowest BCUT2D eigenvalue weighted by Gasteiger charge is -2.17. The second-order valence-corrected chi connectivity index (χ2v) is 6.18. The van der Waals surface area contributed by atoms with Crippen molar-refractivity contribution in [3.05, 3.63) is 66.4 Å². The first-order valence-electron chi connectivity index (χ1n) is 8.41. The largest absolute Gasteiger partial charge is 0.491 e. The predicted molar refractivity (Wildman–Crippen MR) is 97.2 cm³/mol. The standard InChI is InChI=1S/C19H21N5O2/c1-13(2)26-17-6-4-5-15(9-17)14(3)23-19(25)16-7-8-21-18(10-16)24-12-20-11-22-24/h4-14H,1-3H3,(H,23,25)/t14-/m1/s1. The minimum Gasteiger partial charge on any atom is -0.491 e. The lowest BCUT2D eigenvalue weighted by Crippen LogP contribution is -2.26. The molecule has 0 unspecified atom stereocenters. The van der Waals surface area contributed by atoms with Gasteiger partial charge in [0.1, 0.15) is 18.4 Å². The van der Waals surface area contributed by atoms with Gasteiger partial charge in [-0.1, -0.05) is 12.1 Å². The van der Waals surface area contributed by atoms with E-state index in [-0.39, 0.29) is 18.1 Å². The highest BCUT2D eigenvalue weighted by molar-refractivity contribution is 5.94. The topological polar surface area (TPSA) is 81.9 Å². The van der Waals surface area contributed by atoms with Crippen molar-refractivity contribution in [1.29, 1.82) is 0 Å². The van der Waals surface area contributed by atoms with Crippen LogP contribution in [0.3, 0.4) is 0 Å². The molecular weight excluding hydrogens is 330 g/mol. The molecule has 0 bridgehead atoms. The Balaban J connectivity index is 1.73. The highest BCUT2D eigenvalue weighted by atomic mass is 16.5. The monoisotopic (exact) mass is 351 g/mol. The van der Waals surface area contributed by atoms with Crippen LogP contribution in [0.25, 0.3) is 5.82 Å². The number of hydrogen-bond donors (Lipinski definition) is 1. The molecule has 0 saturated heterocycles. The van der Waals surface area contributed by atoms with E-state index < -0.39 is 0 Å². The van der Waals surface area contributed by atoms with E-state index in [0.717, 1.165) is 11.3 Å². The molecule has 1 N–H and O–H groups in total. The first-order chi connectivity index (χ1) is 12.5. The van der Waals surface area contributed by atoms with E-state index in [1.807, 2.05) is 45.0 Å². The molecule has 2 aromatic heterocycles. The lowest BCUT2D eigenvalue weighted by atomic mass is 10.1. The van der Waals surface area contributed by atoms with E-state index in [0.29, 0.717) is 11.4 Å². The molecule has 0 radical (unpaired) electrons. The van der Waals surface area contributed by atoms with Gasteiger partial charge < -0.3 is 10.1 Å². The molecule has 0 spiro atoms. The number of nitrogens with zero attached hydrogens (tertiary/aromatic N) is 4. The average Bonchev–Trinajstić information content (AvgIpc) is 3.16. The van der Waals surface area contributed by atoms with Crippen molar-refractivity contribution >= 4 is 5.91 Å². The maximum absolute atomic E-state index is 12.6. The summed E-state index contributed by atoms with van der Waals surface area (Å²) in [6, 6.07) is 10.9. The van der Waals surface area contributed by atoms with Crippen molar-refractivity contribution in [3.8, 4) is 11.6 Å². The third kappa shape index (κ3) is 4.24. The SMILES string of the molecule is CC(C)Oc1cccc([C@@H](C)NC(=O)c2ccnc(-n3cncn3)c2)c1. The maximum atomic E-state index is 12.6. The molecular formula is C19H21N5O2. The number of benzene rings is 1. The summed E-state index contributed by atoms with van der Waals surface area (Å²) in [6.07, 6.45) is 4.63. The smallest absolute Gasteiger partial charge is 0.251 e. The summed E-state index contributed by atoms with van der Waals surface area (Å²) >= 11 is 0. The molecule has 3 aromatic rings. The number of ether oxygens (including phenoxy) is 1. The molecule has 1 amide bonds. The number of nitrogens with one attached hydrogen (secondary N) is 1. The van der Waals surface area contributed by atoms with Gasteiger partial charge in [-0.25, -0.2) is 14.6 Å². The van der Waals surface area contributed by atoms with Gasteiger partial charge in [0, 0.05) is 11.8 Å². The number of hydrogen-bond acceptors (Lipinski definition) is 5.